The maximum Gasteiger partial charge on any atom is 1.00 e. The first kappa shape index (κ1) is 48.1. The monoisotopic (exact) mass is 764 g/mol. The number of carbonyl (C=O) groups is 1. The van der Waals surface area contributed by atoms with Gasteiger partial charge < -0.3 is 39.8 Å². The molecule has 0 bridgehead atoms. The summed E-state index contributed by atoms with van der Waals surface area (Å²) in [5.41, 5.74) is 2.74. The summed E-state index contributed by atoms with van der Waals surface area (Å²) in [4.78, 5) is 26.7. The van der Waals surface area contributed by atoms with Crippen LogP contribution in [0.4, 0.5) is 0 Å². The van der Waals surface area contributed by atoms with Gasteiger partial charge in [-0.1, -0.05) is 76.7 Å². The number of ether oxygens (including phenoxy) is 2. The van der Waals surface area contributed by atoms with Crippen LogP contribution in [0, 0.1) is 29.6 Å². The van der Waals surface area contributed by atoms with Crippen LogP contribution in [0.25, 0.3) is 0 Å². The van der Waals surface area contributed by atoms with Gasteiger partial charge in [0.25, 0.3) is 0 Å². The smallest absolute Gasteiger partial charge is 0.550 e. The van der Waals surface area contributed by atoms with Crippen LogP contribution in [0.2, 0.25) is 0 Å². The minimum Gasteiger partial charge on any atom is -0.550 e. The quantitative estimate of drug-likeness (QED) is 0.0990. The van der Waals surface area contributed by atoms with Crippen LogP contribution in [0.3, 0.4) is 0 Å². The van der Waals surface area contributed by atoms with Crippen molar-refractivity contribution in [3.05, 3.63) is 53.3 Å². The predicted octanol–water partition coefficient (Wildman–Crippen LogP) is 2.62. The molecule has 4 N–H and O–H groups in total. The van der Waals surface area contributed by atoms with E-state index in [4.69, 9.17) is 19.1 Å². The van der Waals surface area contributed by atoms with E-state index >= 15 is 0 Å². The van der Waals surface area contributed by atoms with Crippen LogP contribution in [0.15, 0.2) is 42.2 Å². The van der Waals surface area contributed by atoms with Crippen molar-refractivity contribution in [1.29, 1.82) is 0 Å². The zero-order valence-corrected chi connectivity index (χ0v) is 35.2. The van der Waals surface area contributed by atoms with Gasteiger partial charge in [-0.25, -0.2) is 0 Å². The average Bonchev–Trinajstić information content (AvgIpc) is 3.76. The maximum absolute atomic E-state index is 10.6. The van der Waals surface area contributed by atoms with Gasteiger partial charge in [-0.2, -0.15) is 9.59 Å². The van der Waals surface area contributed by atoms with Crippen molar-refractivity contribution in [2.24, 2.45) is 29.6 Å². The van der Waals surface area contributed by atoms with Gasteiger partial charge >= 0.3 is 35.7 Å². The summed E-state index contributed by atoms with van der Waals surface area (Å²) in [5, 5.41) is 51.6. The number of aliphatic hydroxyl groups excluding tert-OH is 4. The van der Waals surface area contributed by atoms with E-state index in [9.17, 15) is 30.3 Å². The third-order valence-corrected chi connectivity index (χ3v) is 11.8. The maximum atomic E-state index is 10.6. The largest absolute Gasteiger partial charge is 1.00 e. The number of hydrogen-bond donors (Lipinski definition) is 4. The van der Waals surface area contributed by atoms with Crippen molar-refractivity contribution < 1.29 is 78.9 Å². The Bertz CT molecular complexity index is 1330. The second-order valence-electron chi connectivity index (χ2n) is 15.5. The van der Waals surface area contributed by atoms with Crippen LogP contribution >= 0.6 is 0 Å². The predicted molar refractivity (Wildman–Crippen MR) is 199 cm³/mol. The van der Waals surface area contributed by atoms with E-state index in [-0.39, 0.29) is 72.3 Å². The second-order valence-corrected chi connectivity index (χ2v) is 15.5. The van der Waals surface area contributed by atoms with Gasteiger partial charge in [0.05, 0.1) is 37.3 Å². The number of rotatable bonds is 18. The number of aliphatic hydroxyl groups is 4. The zero-order valence-electron chi connectivity index (χ0n) is 33.2. The third kappa shape index (κ3) is 15.2. The van der Waals surface area contributed by atoms with Crippen LogP contribution in [-0.4, -0.2) is 70.2 Å². The fourth-order valence-corrected chi connectivity index (χ4v) is 9.00. The fourth-order valence-electron chi connectivity index (χ4n) is 9.00. The average molecular weight is 765 g/mol. The fraction of sp³-hybridized carbons (Fsp3) is 0.721. The van der Waals surface area contributed by atoms with Crippen LogP contribution in [0.1, 0.15) is 128 Å². The number of benzene rings is 1. The van der Waals surface area contributed by atoms with Gasteiger partial charge in [-0.15, -0.1) is 0 Å². The number of carboxylic acid groups (broad SMARTS) is 1. The summed E-state index contributed by atoms with van der Waals surface area (Å²) in [7, 11) is 1.74. The number of fused-ring (bicyclic) bond motifs is 3. The number of aliphatic carboxylic acids is 1. The van der Waals surface area contributed by atoms with E-state index < -0.39 is 18.2 Å². The van der Waals surface area contributed by atoms with Crippen LogP contribution in [0.5, 0.6) is 5.75 Å². The first-order valence-corrected chi connectivity index (χ1v) is 20.2. The molecule has 1 aliphatic heterocycles. The Morgan fingerprint density at radius 3 is 2.33 bits per heavy atom. The summed E-state index contributed by atoms with van der Waals surface area (Å²) in [6, 6.07) is 6.35. The molecule has 5 rings (SSSR count). The summed E-state index contributed by atoms with van der Waals surface area (Å²) >= 11 is 0. The molecule has 54 heavy (non-hydrogen) atoms. The van der Waals surface area contributed by atoms with Gasteiger partial charge in [0.15, 0.2) is 0 Å². The van der Waals surface area contributed by atoms with Gasteiger partial charge in [0, 0.05) is 30.6 Å². The van der Waals surface area contributed by atoms with Crippen LogP contribution in [-0.2, 0) is 32.0 Å². The summed E-state index contributed by atoms with van der Waals surface area (Å²) < 4.78 is 11.5. The third-order valence-electron chi connectivity index (χ3n) is 11.8. The molecule has 10 nitrogen and oxygen atoms in total. The topological polar surface area (TPSA) is 174 Å². The van der Waals surface area contributed by atoms with Crippen molar-refractivity contribution >= 4 is 12.1 Å². The Morgan fingerprint density at radius 2 is 1.67 bits per heavy atom. The van der Waals surface area contributed by atoms with Crippen molar-refractivity contribution in [1.82, 2.24) is 0 Å². The number of unbranched alkanes of at least 4 members (excludes halogenated alkanes) is 5. The minimum atomic E-state index is -1.02. The first-order valence-electron chi connectivity index (χ1n) is 20.2. The molecule has 0 spiro atoms. The molecule has 2 saturated carbocycles. The Kier molecular flexibility index (Phi) is 23.2. The normalized spacial score (nSPS) is 28.2. The Morgan fingerprint density at radius 1 is 0.963 bits per heavy atom. The first-order chi connectivity index (χ1) is 25.6. The number of allylic oxidation sites excluding steroid dienone is 2. The van der Waals surface area contributed by atoms with Crippen LogP contribution < -0.4 is 39.4 Å². The number of carbonyl (C=O) groups excluding carboxylic acids is 3. The Hall–Kier alpha value is -2.01. The number of methoxy groups -OCH3 is 1. The van der Waals surface area contributed by atoms with Gasteiger partial charge in [0.1, 0.15) is 11.9 Å². The van der Waals surface area contributed by atoms with E-state index in [1.807, 2.05) is 18.2 Å². The summed E-state index contributed by atoms with van der Waals surface area (Å²) in [5.74, 6) is 2.58. The van der Waals surface area contributed by atoms with Gasteiger partial charge in [-0.05, 0) is 105 Å². The molecule has 0 radical (unpaired) electrons. The molecule has 0 aromatic heterocycles. The van der Waals surface area contributed by atoms with E-state index in [1.54, 1.807) is 7.11 Å². The molecule has 0 amide bonds. The Labute approximate surface area is 345 Å². The molecule has 3 aliphatic carbocycles. The Balaban J connectivity index is 0.000000342. The number of hydrogen-bond acceptors (Lipinski definition) is 10. The van der Waals surface area contributed by atoms with Crippen molar-refractivity contribution in [2.75, 3.05) is 7.11 Å². The van der Waals surface area contributed by atoms with E-state index in [0.717, 1.165) is 88.6 Å². The SMILES string of the molecule is CCCCC[C@H](O)/C=C/[C@@H]1[C@H]2C/C(=C/CCCC(=O)[O-])O[C@H]2C[C@H]1O.CCCCC[C@H](O)CC[C@@H]1[C@H]2Cc3cccc(OC)c3C[C@H]2C[C@H]1O.O=C=O.[Na+]. The van der Waals surface area contributed by atoms with Crippen molar-refractivity contribution in [3.8, 4) is 5.75 Å². The summed E-state index contributed by atoms with van der Waals surface area (Å²) in [6.07, 6.45) is 20.7. The van der Waals surface area contributed by atoms with Crippen molar-refractivity contribution in [3.63, 3.8) is 0 Å². The standard InChI is InChI=1S/C22H34O3.C20H32O5.CO2.Na/c1-3-4-5-8-17(23)10-11-18-19-12-15-7-6-9-22(25-2)20(15)13-16(19)14-21(18)24;1-2-3-4-7-14(21)10-11-16-17-12-15(8-5-6-9-20(23)24)25-19(17)13-18(16)22;2-1-3;/h6-7,9,16-19,21,23-24H,3-5,8,10-14H2,1-2H3;8,10-11,14,16-19,21-22H,2-7,9,12-13H2,1H3,(H,23,24);;/q;;;+1/p-1/b;11-10+,15-8-;;/t16-,17-,18+,19-,21+;14-,16+,17+,18+,19-;;/m00../s1. The van der Waals surface area contributed by atoms with Gasteiger partial charge in [0.2, 0.25) is 0 Å². The van der Waals surface area contributed by atoms with Crippen molar-refractivity contribution in [2.45, 2.75) is 160 Å². The molecule has 10 atom stereocenters. The number of carboxylic acids is 1. The molecule has 11 heteroatoms. The molecule has 4 aliphatic rings. The summed E-state index contributed by atoms with van der Waals surface area (Å²) in [6.45, 7) is 4.33. The molecule has 1 aromatic rings. The zero-order chi connectivity index (χ0) is 38.8. The molecule has 1 saturated heterocycles. The molecule has 1 aromatic carbocycles. The van der Waals surface area contributed by atoms with E-state index in [0.29, 0.717) is 37.0 Å². The second kappa shape index (κ2) is 26.0. The van der Waals surface area contributed by atoms with E-state index in [1.165, 1.54) is 24.0 Å². The molecule has 1 heterocycles. The molecule has 298 valence electrons. The molecule has 3 fully saturated rings. The minimum absolute atomic E-state index is 0. The molecular formula is C43H65NaO10. The van der Waals surface area contributed by atoms with E-state index in [2.05, 4.69) is 32.0 Å². The molecular weight excluding hydrogens is 699 g/mol. The van der Waals surface area contributed by atoms with Gasteiger partial charge in [-0.3, -0.25) is 0 Å². The molecule has 0 unspecified atom stereocenters.